The van der Waals surface area contributed by atoms with Gasteiger partial charge in [-0.05, 0) is 30.9 Å². The molecule has 1 aromatic rings. The molecule has 1 aromatic carbocycles. The van der Waals surface area contributed by atoms with Crippen molar-refractivity contribution in [1.29, 1.82) is 0 Å². The van der Waals surface area contributed by atoms with Crippen molar-refractivity contribution in [3.8, 4) is 11.5 Å². The zero-order valence-electron chi connectivity index (χ0n) is 11.9. The highest BCUT2D eigenvalue weighted by Gasteiger charge is 2.26. The summed E-state index contributed by atoms with van der Waals surface area (Å²) in [6.07, 6.45) is 2.22. The monoisotopic (exact) mass is 341 g/mol. The van der Waals surface area contributed by atoms with Crippen molar-refractivity contribution in [3.05, 3.63) is 23.8 Å². The lowest BCUT2D eigenvalue weighted by atomic mass is 9.99. The lowest BCUT2D eigenvalue weighted by molar-refractivity contribution is 0.0682. The number of rotatable bonds is 4. The van der Waals surface area contributed by atoms with Gasteiger partial charge in [0.25, 0.3) is 5.91 Å². The normalized spacial score (nSPS) is 18.8. The number of likely N-dealkylation sites (tertiary alicyclic amines) is 1. The number of alkyl halides is 1. The lowest BCUT2D eigenvalue weighted by Gasteiger charge is -2.32. The van der Waals surface area contributed by atoms with Gasteiger partial charge in [0.2, 0.25) is 0 Å². The maximum absolute atomic E-state index is 12.7. The van der Waals surface area contributed by atoms with Crippen molar-refractivity contribution >= 4 is 21.8 Å². The number of piperidine rings is 1. The van der Waals surface area contributed by atoms with Gasteiger partial charge in [0.05, 0.1) is 19.8 Å². The molecule has 110 valence electrons. The topological polar surface area (TPSA) is 38.8 Å². The first kappa shape index (κ1) is 15.2. The number of carbonyl (C=O) groups is 1. The lowest BCUT2D eigenvalue weighted by Crippen LogP contribution is -2.40. The Morgan fingerprint density at radius 2 is 2.20 bits per heavy atom. The van der Waals surface area contributed by atoms with Crippen LogP contribution in [0.15, 0.2) is 18.2 Å². The first-order valence-electron chi connectivity index (χ1n) is 6.77. The minimum absolute atomic E-state index is 0.0198. The Labute approximate surface area is 128 Å². The Kier molecular flexibility index (Phi) is 5.29. The number of hydrogen-bond donors (Lipinski definition) is 0. The van der Waals surface area contributed by atoms with Crippen LogP contribution in [-0.2, 0) is 0 Å². The second kappa shape index (κ2) is 6.97. The van der Waals surface area contributed by atoms with Crippen LogP contribution < -0.4 is 9.47 Å². The average Bonchev–Trinajstić information content (AvgIpc) is 2.53. The molecule has 0 N–H and O–H groups in total. The fourth-order valence-electron chi connectivity index (χ4n) is 2.60. The SMILES string of the molecule is COc1cccc(C(=O)N2CCCC(CBr)C2)c1OC. The van der Waals surface area contributed by atoms with Gasteiger partial charge < -0.3 is 14.4 Å². The van der Waals surface area contributed by atoms with Crippen LogP contribution in [-0.4, -0.2) is 43.4 Å². The molecule has 1 saturated heterocycles. The van der Waals surface area contributed by atoms with E-state index in [1.807, 2.05) is 11.0 Å². The Bertz CT molecular complexity index is 478. The minimum Gasteiger partial charge on any atom is -0.493 e. The second-order valence-corrected chi connectivity index (χ2v) is 5.60. The van der Waals surface area contributed by atoms with E-state index >= 15 is 0 Å². The van der Waals surface area contributed by atoms with E-state index in [0.29, 0.717) is 23.0 Å². The summed E-state index contributed by atoms with van der Waals surface area (Å²) < 4.78 is 10.6. The molecular weight excluding hydrogens is 322 g/mol. The zero-order valence-corrected chi connectivity index (χ0v) is 13.5. The highest BCUT2D eigenvalue weighted by molar-refractivity contribution is 9.09. The summed E-state index contributed by atoms with van der Waals surface area (Å²) >= 11 is 3.51. The molecule has 0 bridgehead atoms. The van der Waals surface area contributed by atoms with Crippen LogP contribution in [0.4, 0.5) is 0 Å². The maximum atomic E-state index is 12.7. The molecule has 0 radical (unpaired) electrons. The van der Waals surface area contributed by atoms with E-state index in [2.05, 4.69) is 15.9 Å². The molecule has 1 amide bonds. The summed E-state index contributed by atoms with van der Waals surface area (Å²) in [5, 5.41) is 0.937. The van der Waals surface area contributed by atoms with E-state index < -0.39 is 0 Å². The summed E-state index contributed by atoms with van der Waals surface area (Å²) in [6.45, 7) is 1.60. The molecule has 1 atom stereocenters. The Morgan fingerprint density at radius 3 is 2.85 bits per heavy atom. The number of nitrogens with zero attached hydrogens (tertiary/aromatic N) is 1. The molecule has 0 saturated carbocycles. The first-order chi connectivity index (χ1) is 9.71. The highest BCUT2D eigenvalue weighted by atomic mass is 79.9. The van der Waals surface area contributed by atoms with Crippen LogP contribution in [0.1, 0.15) is 23.2 Å². The van der Waals surface area contributed by atoms with E-state index in [4.69, 9.17) is 9.47 Å². The first-order valence-corrected chi connectivity index (χ1v) is 7.89. The average molecular weight is 342 g/mol. The van der Waals surface area contributed by atoms with Crippen LogP contribution in [0.25, 0.3) is 0 Å². The van der Waals surface area contributed by atoms with Crippen molar-refractivity contribution in [3.63, 3.8) is 0 Å². The highest BCUT2D eigenvalue weighted by Crippen LogP contribution is 2.32. The molecule has 20 heavy (non-hydrogen) atoms. The number of para-hydroxylation sites is 1. The molecule has 1 unspecified atom stereocenters. The van der Waals surface area contributed by atoms with Crippen LogP contribution >= 0.6 is 15.9 Å². The maximum Gasteiger partial charge on any atom is 0.257 e. The van der Waals surface area contributed by atoms with E-state index in [0.717, 1.165) is 24.8 Å². The Hall–Kier alpha value is -1.23. The van der Waals surface area contributed by atoms with Crippen LogP contribution in [0, 0.1) is 5.92 Å². The second-order valence-electron chi connectivity index (χ2n) is 4.95. The van der Waals surface area contributed by atoms with Crippen molar-refractivity contribution < 1.29 is 14.3 Å². The molecular formula is C15H20BrNO3. The van der Waals surface area contributed by atoms with E-state index in [-0.39, 0.29) is 5.91 Å². The summed E-state index contributed by atoms with van der Waals surface area (Å²) in [7, 11) is 3.14. The molecule has 1 fully saturated rings. The third-order valence-electron chi connectivity index (χ3n) is 3.66. The van der Waals surface area contributed by atoms with Crippen molar-refractivity contribution in [2.24, 2.45) is 5.92 Å². The molecule has 1 heterocycles. The van der Waals surface area contributed by atoms with Gasteiger partial charge in [0, 0.05) is 18.4 Å². The number of ether oxygens (including phenoxy) is 2. The van der Waals surface area contributed by atoms with Crippen LogP contribution in [0.3, 0.4) is 0 Å². The van der Waals surface area contributed by atoms with Gasteiger partial charge in [-0.15, -0.1) is 0 Å². The number of carbonyl (C=O) groups excluding carboxylic acids is 1. The Balaban J connectivity index is 2.24. The Morgan fingerprint density at radius 1 is 1.40 bits per heavy atom. The quantitative estimate of drug-likeness (QED) is 0.790. The molecule has 5 heteroatoms. The molecule has 0 aliphatic carbocycles. The van der Waals surface area contributed by atoms with Gasteiger partial charge in [-0.2, -0.15) is 0 Å². The fourth-order valence-corrected chi connectivity index (χ4v) is 3.13. The van der Waals surface area contributed by atoms with Crippen molar-refractivity contribution in [2.75, 3.05) is 32.6 Å². The van der Waals surface area contributed by atoms with Crippen molar-refractivity contribution in [1.82, 2.24) is 4.90 Å². The van der Waals surface area contributed by atoms with E-state index in [1.54, 1.807) is 26.4 Å². The standard InChI is InChI=1S/C15H20BrNO3/c1-19-13-7-3-6-12(14(13)20-2)15(18)17-8-4-5-11(9-16)10-17/h3,6-7,11H,4-5,8-10H2,1-2H3. The van der Waals surface area contributed by atoms with Gasteiger partial charge in [0.15, 0.2) is 11.5 Å². The number of amides is 1. The number of halogens is 1. The largest absolute Gasteiger partial charge is 0.493 e. The van der Waals surface area contributed by atoms with Crippen molar-refractivity contribution in [2.45, 2.75) is 12.8 Å². The fraction of sp³-hybridized carbons (Fsp3) is 0.533. The van der Waals surface area contributed by atoms with Gasteiger partial charge in [-0.3, -0.25) is 4.79 Å². The molecule has 4 nitrogen and oxygen atoms in total. The van der Waals surface area contributed by atoms with Crippen LogP contribution in [0.2, 0.25) is 0 Å². The predicted octanol–water partition coefficient (Wildman–Crippen LogP) is 2.95. The molecule has 0 aromatic heterocycles. The van der Waals surface area contributed by atoms with E-state index in [1.165, 1.54) is 6.42 Å². The van der Waals surface area contributed by atoms with Crippen LogP contribution in [0.5, 0.6) is 11.5 Å². The van der Waals surface area contributed by atoms with Gasteiger partial charge in [-0.1, -0.05) is 22.0 Å². The van der Waals surface area contributed by atoms with Gasteiger partial charge in [-0.25, -0.2) is 0 Å². The zero-order chi connectivity index (χ0) is 14.5. The molecule has 1 aliphatic heterocycles. The minimum atomic E-state index is 0.0198. The molecule has 2 rings (SSSR count). The molecule has 1 aliphatic rings. The predicted molar refractivity (Wildman–Crippen MR) is 82.0 cm³/mol. The van der Waals surface area contributed by atoms with Gasteiger partial charge in [0.1, 0.15) is 0 Å². The summed E-state index contributed by atoms with van der Waals surface area (Å²) in [4.78, 5) is 14.6. The number of hydrogen-bond acceptors (Lipinski definition) is 3. The number of benzene rings is 1. The number of methoxy groups -OCH3 is 2. The summed E-state index contributed by atoms with van der Waals surface area (Å²) in [5.74, 6) is 1.66. The van der Waals surface area contributed by atoms with E-state index in [9.17, 15) is 4.79 Å². The third-order valence-corrected chi connectivity index (χ3v) is 4.57. The summed E-state index contributed by atoms with van der Waals surface area (Å²) in [6, 6.07) is 5.41. The molecule has 0 spiro atoms. The third kappa shape index (κ3) is 3.08. The smallest absolute Gasteiger partial charge is 0.257 e. The van der Waals surface area contributed by atoms with Gasteiger partial charge >= 0.3 is 0 Å². The summed E-state index contributed by atoms with van der Waals surface area (Å²) in [5.41, 5.74) is 0.571.